The Morgan fingerprint density at radius 3 is 2.27 bits per heavy atom. The van der Waals surface area contributed by atoms with Gasteiger partial charge in [0.15, 0.2) is 0 Å². The average molecular weight is 545 g/mol. The van der Waals surface area contributed by atoms with Gasteiger partial charge in [0, 0.05) is 16.6 Å². The number of hydrogen-bond acceptors (Lipinski definition) is 2. The molecule has 2 heterocycles. The van der Waals surface area contributed by atoms with Crippen molar-refractivity contribution in [3.05, 3.63) is 88.1 Å². The van der Waals surface area contributed by atoms with Gasteiger partial charge in [-0.3, -0.25) is 4.90 Å². The summed E-state index contributed by atoms with van der Waals surface area (Å²) < 4.78 is 5.75. The summed E-state index contributed by atoms with van der Waals surface area (Å²) in [5.41, 5.74) is 10.8. The number of nitrogens with zero attached hydrogens (tertiary/aromatic N) is 1. The third-order valence-corrected chi connectivity index (χ3v) is 7.86. The number of aromatic amines is 1. The predicted molar refractivity (Wildman–Crippen MR) is 178 cm³/mol. The van der Waals surface area contributed by atoms with Crippen molar-refractivity contribution in [2.45, 2.75) is 107 Å². The van der Waals surface area contributed by atoms with Crippen molar-refractivity contribution in [2.24, 2.45) is 0 Å². The van der Waals surface area contributed by atoms with Gasteiger partial charge >= 0.3 is 0 Å². The number of H-pyrrole nitrogens is 1. The summed E-state index contributed by atoms with van der Waals surface area (Å²) in [5.74, 6) is 2.06. The number of piperidine rings is 1. The molecule has 1 saturated heterocycles. The van der Waals surface area contributed by atoms with E-state index in [2.05, 4.69) is 102 Å². The minimum atomic E-state index is 0.429. The van der Waals surface area contributed by atoms with E-state index in [1.165, 1.54) is 62.9 Å². The van der Waals surface area contributed by atoms with Crippen molar-refractivity contribution in [3.63, 3.8) is 0 Å². The molecule has 0 spiro atoms. The number of nitrogens with one attached hydrogen (secondary N) is 1. The molecule has 3 rings (SSSR count). The molecule has 220 valence electrons. The van der Waals surface area contributed by atoms with Crippen LogP contribution in [-0.2, 0) is 4.74 Å². The molecule has 0 bridgehead atoms. The Morgan fingerprint density at radius 1 is 1.05 bits per heavy atom. The smallest absolute Gasteiger partial charge is 0.113 e. The van der Waals surface area contributed by atoms with Crippen LogP contribution in [0.15, 0.2) is 71.2 Å². The maximum atomic E-state index is 5.75. The zero-order chi connectivity index (χ0) is 29.8. The normalized spacial score (nSPS) is 16.3. The zero-order valence-corrected chi connectivity index (χ0v) is 27.4. The first kappa shape index (κ1) is 33.4. The van der Waals surface area contributed by atoms with Crippen molar-refractivity contribution in [1.29, 1.82) is 0 Å². The highest BCUT2D eigenvalue weighted by atomic mass is 16.5. The Morgan fingerprint density at radius 2 is 1.73 bits per heavy atom. The summed E-state index contributed by atoms with van der Waals surface area (Å²) in [6.07, 6.45) is 13.9. The third kappa shape index (κ3) is 8.86. The molecule has 0 atom stereocenters. The molecule has 3 heteroatoms. The lowest BCUT2D eigenvalue weighted by Crippen LogP contribution is -2.34. The van der Waals surface area contributed by atoms with Crippen LogP contribution in [0.3, 0.4) is 0 Å². The van der Waals surface area contributed by atoms with Gasteiger partial charge in [0.1, 0.15) is 5.76 Å². The van der Waals surface area contributed by atoms with Crippen molar-refractivity contribution in [3.8, 4) is 0 Å². The molecule has 0 radical (unpaired) electrons. The molecule has 1 aliphatic heterocycles. The number of fused-ring (bicyclic) bond motifs is 1. The van der Waals surface area contributed by atoms with Crippen molar-refractivity contribution in [2.75, 3.05) is 19.6 Å². The molecule has 0 saturated carbocycles. The maximum Gasteiger partial charge on any atom is 0.113 e. The zero-order valence-electron chi connectivity index (χ0n) is 27.4. The quantitative estimate of drug-likeness (QED) is 0.238. The fourth-order valence-corrected chi connectivity index (χ4v) is 5.44. The van der Waals surface area contributed by atoms with Gasteiger partial charge in [-0.2, -0.15) is 0 Å². The van der Waals surface area contributed by atoms with E-state index < -0.39 is 0 Å². The monoisotopic (exact) mass is 544 g/mol. The standard InChI is InChI=1S/C35H50N2O.C2H6/c1-10-19-38-31(12-3)23-37-17-15-28(16-18-37)29-13-14-33-32(22-29)34(25(6)7)35(36-33)30(20-24(4)5)21-27(9)26(8)11-2;1-2/h10,12-14,19-22,25,28,36H,11,15-18,23H2,1-9H3;1-2H3/b19-10-,27-26?,30-21+,31-12?;. The second-order valence-electron chi connectivity index (χ2n) is 11.4. The predicted octanol–water partition coefficient (Wildman–Crippen LogP) is 11.0. The van der Waals surface area contributed by atoms with Crippen molar-refractivity contribution < 1.29 is 4.74 Å². The lowest BCUT2D eigenvalue weighted by Gasteiger charge is -2.32. The van der Waals surface area contributed by atoms with E-state index in [1.807, 2.05) is 26.8 Å². The fraction of sp³-hybridized carbons (Fsp3) is 0.514. The highest BCUT2D eigenvalue weighted by Gasteiger charge is 2.23. The number of allylic oxidation sites excluding steroid dienone is 8. The number of hydrogen-bond donors (Lipinski definition) is 1. The molecule has 1 aliphatic rings. The van der Waals surface area contributed by atoms with E-state index in [0.717, 1.165) is 31.8 Å². The van der Waals surface area contributed by atoms with Gasteiger partial charge in [-0.15, -0.1) is 0 Å². The van der Waals surface area contributed by atoms with Crippen LogP contribution in [0.4, 0.5) is 0 Å². The van der Waals surface area contributed by atoms with Crippen molar-refractivity contribution >= 4 is 16.5 Å². The summed E-state index contributed by atoms with van der Waals surface area (Å²) >= 11 is 0. The van der Waals surface area contributed by atoms with E-state index in [1.54, 1.807) is 6.26 Å². The highest BCUT2D eigenvalue weighted by Crippen LogP contribution is 2.38. The lowest BCUT2D eigenvalue weighted by atomic mass is 9.87. The Bertz CT molecular complexity index is 1240. The van der Waals surface area contributed by atoms with E-state index >= 15 is 0 Å². The minimum absolute atomic E-state index is 0.429. The van der Waals surface area contributed by atoms with Gasteiger partial charge in [0.05, 0.1) is 12.8 Å². The van der Waals surface area contributed by atoms with Gasteiger partial charge in [-0.1, -0.05) is 75.6 Å². The highest BCUT2D eigenvalue weighted by molar-refractivity contribution is 5.92. The molecule has 1 aromatic heterocycles. The SMILES string of the molecule is CC.CC=C(CN1CCC(c2ccc3[nH]c(/C(C=C(C)C)=C/C(C)=C(C)CC)c(C(C)C)c3c2)CC1)O/C=C\C. The molecule has 0 aliphatic carbocycles. The minimum Gasteiger partial charge on any atom is -0.469 e. The summed E-state index contributed by atoms with van der Waals surface area (Å²) in [7, 11) is 0. The number of benzene rings is 1. The number of rotatable bonds is 10. The molecule has 3 nitrogen and oxygen atoms in total. The van der Waals surface area contributed by atoms with E-state index in [4.69, 9.17) is 4.74 Å². The van der Waals surface area contributed by atoms with Crippen LogP contribution in [0.25, 0.3) is 16.5 Å². The summed E-state index contributed by atoms with van der Waals surface area (Å²) in [5, 5.41) is 1.38. The first-order valence-corrected chi connectivity index (χ1v) is 15.5. The second kappa shape index (κ2) is 16.5. The topological polar surface area (TPSA) is 28.3 Å². The Kier molecular flexibility index (Phi) is 13.8. The molecule has 40 heavy (non-hydrogen) atoms. The van der Waals surface area contributed by atoms with Crippen molar-refractivity contribution in [1.82, 2.24) is 9.88 Å². The molecule has 1 aromatic carbocycles. The second-order valence-corrected chi connectivity index (χ2v) is 11.4. The van der Waals surface area contributed by atoms with Crippen LogP contribution >= 0.6 is 0 Å². The van der Waals surface area contributed by atoms with Crippen LogP contribution in [0.2, 0.25) is 0 Å². The first-order chi connectivity index (χ1) is 19.2. The molecule has 1 N–H and O–H groups in total. The van der Waals surface area contributed by atoms with Gasteiger partial charge in [-0.05, 0) is 121 Å². The first-order valence-electron chi connectivity index (χ1n) is 15.5. The Balaban J connectivity index is 0.00000274. The number of likely N-dealkylation sites (tertiary alicyclic amines) is 1. The van der Waals surface area contributed by atoms with Gasteiger partial charge in [0.2, 0.25) is 0 Å². The largest absolute Gasteiger partial charge is 0.469 e. The van der Waals surface area contributed by atoms with Gasteiger partial charge in [-0.25, -0.2) is 0 Å². The van der Waals surface area contributed by atoms with Crippen LogP contribution in [0, 0.1) is 0 Å². The van der Waals surface area contributed by atoms with Gasteiger partial charge in [0.25, 0.3) is 0 Å². The summed E-state index contributed by atoms with van der Waals surface area (Å²) in [6.45, 7) is 26.9. The summed E-state index contributed by atoms with van der Waals surface area (Å²) in [6, 6.07) is 7.16. The molecular weight excluding hydrogens is 488 g/mol. The van der Waals surface area contributed by atoms with Crippen LogP contribution in [0.5, 0.6) is 0 Å². The number of ether oxygens (including phenoxy) is 1. The van der Waals surface area contributed by atoms with Crippen LogP contribution < -0.4 is 0 Å². The number of aromatic nitrogens is 1. The van der Waals surface area contributed by atoms with Gasteiger partial charge < -0.3 is 9.72 Å². The van der Waals surface area contributed by atoms with E-state index in [0.29, 0.717) is 11.8 Å². The van der Waals surface area contributed by atoms with E-state index in [-0.39, 0.29) is 0 Å². The van der Waals surface area contributed by atoms with Crippen LogP contribution in [-0.4, -0.2) is 29.5 Å². The van der Waals surface area contributed by atoms with E-state index in [9.17, 15) is 0 Å². The Hall–Kier alpha value is -2.78. The maximum absolute atomic E-state index is 5.75. The molecule has 0 amide bonds. The Labute approximate surface area is 245 Å². The van der Waals surface area contributed by atoms with Crippen LogP contribution in [0.1, 0.15) is 124 Å². The molecule has 0 unspecified atom stereocenters. The molecular formula is C37H56N2O. The fourth-order valence-electron chi connectivity index (χ4n) is 5.44. The summed E-state index contributed by atoms with van der Waals surface area (Å²) in [4.78, 5) is 6.35. The molecule has 2 aromatic rings. The third-order valence-electron chi connectivity index (χ3n) is 7.86. The molecule has 1 fully saturated rings. The average Bonchev–Trinajstić information content (AvgIpc) is 3.34. The lowest BCUT2D eigenvalue weighted by molar-refractivity contribution is 0.194.